The van der Waals surface area contributed by atoms with E-state index in [-0.39, 0.29) is 152 Å². The summed E-state index contributed by atoms with van der Waals surface area (Å²) < 4.78 is 0. The van der Waals surface area contributed by atoms with Crippen LogP contribution in [0.3, 0.4) is 0 Å². The van der Waals surface area contributed by atoms with Gasteiger partial charge in [0, 0.05) is 131 Å². The fraction of sp³-hybridized carbons (Fsp3) is 0.600. The average molecular weight is 636 g/mol. The van der Waals surface area contributed by atoms with E-state index in [0.29, 0.717) is 0 Å². The van der Waals surface area contributed by atoms with Gasteiger partial charge in [0.1, 0.15) is 0 Å². The quantitative estimate of drug-likeness (QED) is 0.260. The molecule has 0 aromatic carbocycles. The van der Waals surface area contributed by atoms with Gasteiger partial charge in [0.25, 0.3) is 0 Å². The first-order chi connectivity index (χ1) is 8.00. The van der Waals surface area contributed by atoms with Crippen molar-refractivity contribution in [1.82, 2.24) is 0 Å². The minimum Gasteiger partial charge on any atom is -0.367 e. The largest absolute Gasteiger partial charge is 0.367 e. The zero-order valence-corrected chi connectivity index (χ0v) is 29.3. The predicted octanol–water partition coefficient (Wildman–Crippen LogP) is 6.71. The van der Waals surface area contributed by atoms with Gasteiger partial charge in [-0.3, -0.25) is 21.7 Å². The van der Waals surface area contributed by atoms with E-state index < -0.39 is 0 Å². The molecule has 0 aromatic heterocycles. The number of hydrogen-bond acceptors (Lipinski definition) is 0. The van der Waals surface area contributed by atoms with Gasteiger partial charge in [0.2, 0.25) is 0 Å². The second-order valence-electron chi connectivity index (χ2n) is 8.66. The Labute approximate surface area is 258 Å². The first-order valence-electron chi connectivity index (χ1n) is 6.83. The van der Waals surface area contributed by atoms with E-state index in [2.05, 4.69) is 55.4 Å². The fourth-order valence-electron chi connectivity index (χ4n) is 0. The molecule has 0 aliphatic heterocycles. The van der Waals surface area contributed by atoms with Crippen LogP contribution in [0.5, 0.6) is 0 Å². The second kappa shape index (κ2) is 23.7. The van der Waals surface area contributed by atoms with Gasteiger partial charge >= 0.3 is 0 Å². The molecule has 4 heteroatoms. The number of hydrogen-bond donors (Lipinski definition) is 0. The van der Waals surface area contributed by atoms with Crippen LogP contribution in [0, 0.1) is 77.0 Å². The molecule has 0 atom stereocenters. The molecule has 140 valence electrons. The zero-order valence-electron chi connectivity index (χ0n) is 18.0. The minimum absolute atomic E-state index is 0. The summed E-state index contributed by atoms with van der Waals surface area (Å²) in [5.74, 6) is 0. The summed E-state index contributed by atoms with van der Waals surface area (Å²) in [7, 11) is 0. The first-order valence-corrected chi connectivity index (χ1v) is 6.83. The predicted molar refractivity (Wildman–Crippen MR) is 98.0 cm³/mol. The van der Waals surface area contributed by atoms with Crippen molar-refractivity contribution in [3.8, 4) is 0 Å². The van der Waals surface area contributed by atoms with Crippen molar-refractivity contribution in [2.75, 3.05) is 0 Å². The summed E-state index contributed by atoms with van der Waals surface area (Å²) in [5, 5.41) is 0. The molecule has 0 bridgehead atoms. The van der Waals surface area contributed by atoms with E-state index in [1.54, 1.807) is 0 Å². The third-order valence-electron chi connectivity index (χ3n) is 0. The minimum atomic E-state index is 0. The maximum atomic E-state index is 3.66. The molecule has 0 aromatic rings. The fourth-order valence-corrected chi connectivity index (χ4v) is 0. The summed E-state index contributed by atoms with van der Waals surface area (Å²) in [5.41, 5.74) is 0. The summed E-state index contributed by atoms with van der Waals surface area (Å²) >= 11 is 0. The van der Waals surface area contributed by atoms with Gasteiger partial charge in [-0.1, -0.05) is 0 Å². The standard InChI is InChI=1S/4C5H10.4Y/c4*1-5(2,3)4;;;;/h4*1-2H2,3-4H3;;;;/q4*-2;;;;. The van der Waals surface area contributed by atoms with E-state index in [9.17, 15) is 0 Å². The molecule has 0 rings (SSSR count). The van der Waals surface area contributed by atoms with E-state index in [4.69, 9.17) is 0 Å². The van der Waals surface area contributed by atoms with Gasteiger partial charge in [0.15, 0.2) is 0 Å². The van der Waals surface area contributed by atoms with Crippen molar-refractivity contribution < 1.29 is 131 Å². The summed E-state index contributed by atoms with van der Waals surface area (Å²) in [6.07, 6.45) is 0. The Bertz CT molecular complexity index is 126. The van der Waals surface area contributed by atoms with E-state index >= 15 is 0 Å². The van der Waals surface area contributed by atoms with Crippen LogP contribution in [0.1, 0.15) is 55.4 Å². The molecular formula is C20H40Y4-8. The summed E-state index contributed by atoms with van der Waals surface area (Å²) in [6, 6.07) is 0. The van der Waals surface area contributed by atoms with Crippen molar-refractivity contribution in [2.24, 2.45) is 21.7 Å². The van der Waals surface area contributed by atoms with Crippen molar-refractivity contribution in [3.05, 3.63) is 55.4 Å². The van der Waals surface area contributed by atoms with Crippen LogP contribution in [0.4, 0.5) is 0 Å². The molecule has 0 nitrogen and oxygen atoms in total. The normalized spacial score (nSPS) is 10.0. The van der Waals surface area contributed by atoms with Crippen molar-refractivity contribution in [2.45, 2.75) is 55.4 Å². The van der Waals surface area contributed by atoms with E-state index in [1.807, 2.05) is 55.4 Å². The second-order valence-corrected chi connectivity index (χ2v) is 8.66. The molecule has 24 heavy (non-hydrogen) atoms. The Hall–Kier alpha value is 4.42. The van der Waals surface area contributed by atoms with Crippen LogP contribution in [-0.2, 0) is 131 Å². The van der Waals surface area contributed by atoms with Crippen LogP contribution in [0.15, 0.2) is 0 Å². The molecule has 0 heterocycles. The third-order valence-corrected chi connectivity index (χ3v) is 0. The molecule has 0 saturated heterocycles. The van der Waals surface area contributed by atoms with Gasteiger partial charge in [-0.15, -0.1) is 55.4 Å². The third kappa shape index (κ3) is 875. The monoisotopic (exact) mass is 636 g/mol. The van der Waals surface area contributed by atoms with Gasteiger partial charge in [0.05, 0.1) is 0 Å². The van der Waals surface area contributed by atoms with Crippen molar-refractivity contribution >= 4 is 0 Å². The van der Waals surface area contributed by atoms with Crippen LogP contribution in [0.2, 0.25) is 0 Å². The van der Waals surface area contributed by atoms with Gasteiger partial charge in [-0.25, -0.2) is 0 Å². The number of rotatable bonds is 0. The van der Waals surface area contributed by atoms with E-state index in [1.165, 1.54) is 0 Å². The Kier molecular flexibility index (Phi) is 50.6. The molecule has 0 spiro atoms. The first kappa shape index (κ1) is 51.2. The Morgan fingerprint density at radius 1 is 0.292 bits per heavy atom. The molecule has 0 amide bonds. The maximum Gasteiger partial charge on any atom is 0 e. The van der Waals surface area contributed by atoms with Gasteiger partial charge < -0.3 is 55.4 Å². The summed E-state index contributed by atoms with van der Waals surface area (Å²) in [4.78, 5) is 0. The summed E-state index contributed by atoms with van der Waals surface area (Å²) in [6.45, 7) is 45.0. The van der Waals surface area contributed by atoms with Gasteiger partial charge in [-0.2, -0.15) is 0 Å². The molecule has 0 aliphatic rings. The molecule has 0 saturated carbocycles. The maximum absolute atomic E-state index is 3.66. The molecule has 0 unspecified atom stereocenters. The van der Waals surface area contributed by atoms with Crippen molar-refractivity contribution in [3.63, 3.8) is 0 Å². The smallest absolute Gasteiger partial charge is 0 e. The van der Waals surface area contributed by atoms with E-state index in [0.717, 1.165) is 0 Å². The molecule has 4 radical (unpaired) electrons. The van der Waals surface area contributed by atoms with Crippen molar-refractivity contribution in [1.29, 1.82) is 0 Å². The molecule has 0 aliphatic carbocycles. The Morgan fingerprint density at radius 2 is 0.292 bits per heavy atom. The topological polar surface area (TPSA) is 0 Å². The molecule has 0 N–H and O–H groups in total. The zero-order chi connectivity index (χ0) is 18.0. The van der Waals surface area contributed by atoms with Gasteiger partial charge in [-0.05, 0) is 0 Å². The average Bonchev–Trinajstić information content (AvgIpc) is 1.62. The van der Waals surface area contributed by atoms with Crippen LogP contribution in [0.25, 0.3) is 0 Å². The Morgan fingerprint density at radius 3 is 0.292 bits per heavy atom. The Balaban J connectivity index is -0.0000000225. The SMILES string of the molecule is [CH2-]C([CH2-])(C)C.[CH2-]C([CH2-])(C)C.[CH2-]C([CH2-])(C)C.[CH2-]C([CH2-])(C)C.[Y].[Y].[Y].[Y]. The molecule has 0 fully saturated rings. The van der Waals surface area contributed by atoms with Crippen LogP contribution >= 0.6 is 0 Å². The van der Waals surface area contributed by atoms with Crippen LogP contribution in [-0.4, -0.2) is 0 Å². The van der Waals surface area contributed by atoms with Crippen LogP contribution < -0.4 is 0 Å². The molecular weight excluding hydrogens is 596 g/mol.